The van der Waals surface area contributed by atoms with Crippen LogP contribution in [0.2, 0.25) is 0 Å². The Labute approximate surface area is 111 Å². The number of alkyl halides is 3. The topological polar surface area (TPSA) is 19.4 Å². The van der Waals surface area contributed by atoms with Gasteiger partial charge in [-0.3, -0.25) is 4.90 Å². The number of hydrogen-bond acceptors (Lipinski definition) is 3. The van der Waals surface area contributed by atoms with Gasteiger partial charge in [0.2, 0.25) is 0 Å². The maximum atomic E-state index is 12.5. The van der Waals surface area contributed by atoms with Crippen molar-refractivity contribution in [1.82, 2.24) is 9.88 Å². The minimum atomic E-state index is -4.33. The number of hydrogen-bond donors (Lipinski definition) is 0. The molecule has 19 heavy (non-hydrogen) atoms. The first-order valence-corrected chi connectivity index (χ1v) is 6.29. The summed E-state index contributed by atoms with van der Waals surface area (Å²) >= 11 is 0. The molecular weight excluding hydrogens is 255 g/mol. The van der Waals surface area contributed by atoms with Crippen LogP contribution in [-0.2, 0) is 6.18 Å². The van der Waals surface area contributed by atoms with Crippen molar-refractivity contribution in [2.45, 2.75) is 32.1 Å². The van der Waals surface area contributed by atoms with Gasteiger partial charge in [-0.2, -0.15) is 13.2 Å². The fourth-order valence-electron chi connectivity index (χ4n) is 2.34. The lowest BCUT2D eigenvalue weighted by Gasteiger charge is -2.43. The van der Waals surface area contributed by atoms with Crippen LogP contribution < -0.4 is 4.90 Å². The van der Waals surface area contributed by atoms with Crippen LogP contribution in [0.4, 0.5) is 19.0 Å². The maximum absolute atomic E-state index is 12.5. The standard InChI is InChI=1S/C13H18F3N3/c1-9-8-19(10(2)7-18(9)3)12-5-4-11(6-17-12)13(14,15)16/h4-6,9-10H,7-8H2,1-3H3. The van der Waals surface area contributed by atoms with Crippen molar-refractivity contribution in [3.8, 4) is 0 Å². The molecule has 0 aromatic carbocycles. The summed E-state index contributed by atoms with van der Waals surface area (Å²) in [7, 11) is 2.05. The second-order valence-corrected chi connectivity index (χ2v) is 5.19. The monoisotopic (exact) mass is 273 g/mol. The Bertz CT molecular complexity index is 430. The van der Waals surface area contributed by atoms with Gasteiger partial charge in [-0.15, -0.1) is 0 Å². The fourth-order valence-corrected chi connectivity index (χ4v) is 2.34. The third-order valence-electron chi connectivity index (χ3n) is 3.67. The molecule has 0 bridgehead atoms. The van der Waals surface area contributed by atoms with Crippen molar-refractivity contribution in [2.75, 3.05) is 25.0 Å². The highest BCUT2D eigenvalue weighted by atomic mass is 19.4. The number of pyridine rings is 1. The highest BCUT2D eigenvalue weighted by molar-refractivity contribution is 5.42. The van der Waals surface area contributed by atoms with Gasteiger partial charge in [0.1, 0.15) is 5.82 Å². The molecule has 0 spiro atoms. The molecule has 3 nitrogen and oxygen atoms in total. The molecule has 2 atom stereocenters. The van der Waals surface area contributed by atoms with Gasteiger partial charge in [0, 0.05) is 31.4 Å². The predicted molar refractivity (Wildman–Crippen MR) is 68.1 cm³/mol. The highest BCUT2D eigenvalue weighted by Crippen LogP contribution is 2.30. The first kappa shape index (κ1) is 14.1. The zero-order valence-corrected chi connectivity index (χ0v) is 11.3. The quantitative estimate of drug-likeness (QED) is 0.784. The summed E-state index contributed by atoms with van der Waals surface area (Å²) in [5.74, 6) is 0.612. The van der Waals surface area contributed by atoms with E-state index in [9.17, 15) is 13.2 Å². The number of rotatable bonds is 1. The molecule has 1 aliphatic heterocycles. The van der Waals surface area contributed by atoms with Gasteiger partial charge >= 0.3 is 6.18 Å². The van der Waals surface area contributed by atoms with E-state index in [1.165, 1.54) is 6.07 Å². The van der Waals surface area contributed by atoms with E-state index in [1.54, 1.807) is 0 Å². The molecule has 2 rings (SSSR count). The smallest absolute Gasteiger partial charge is 0.351 e. The zero-order valence-electron chi connectivity index (χ0n) is 11.3. The molecule has 2 unspecified atom stereocenters. The van der Waals surface area contributed by atoms with Crippen LogP contribution in [-0.4, -0.2) is 42.1 Å². The van der Waals surface area contributed by atoms with Crippen LogP contribution in [0.1, 0.15) is 19.4 Å². The summed E-state index contributed by atoms with van der Waals surface area (Å²) in [6.07, 6.45) is -3.42. The van der Waals surface area contributed by atoms with Crippen LogP contribution in [0.5, 0.6) is 0 Å². The van der Waals surface area contributed by atoms with Crippen LogP contribution in [0.3, 0.4) is 0 Å². The van der Waals surface area contributed by atoms with E-state index in [2.05, 4.69) is 35.7 Å². The lowest BCUT2D eigenvalue weighted by atomic mass is 10.1. The van der Waals surface area contributed by atoms with Gasteiger partial charge < -0.3 is 4.90 Å². The summed E-state index contributed by atoms with van der Waals surface area (Å²) in [5.41, 5.74) is -0.703. The minimum absolute atomic E-state index is 0.241. The van der Waals surface area contributed by atoms with E-state index in [-0.39, 0.29) is 6.04 Å². The molecule has 0 saturated carbocycles. The minimum Gasteiger partial charge on any atom is -0.351 e. The van der Waals surface area contributed by atoms with Gasteiger partial charge in [0.25, 0.3) is 0 Å². The number of likely N-dealkylation sites (N-methyl/N-ethyl adjacent to an activating group) is 1. The van der Waals surface area contributed by atoms with Crippen LogP contribution in [0, 0.1) is 0 Å². The van der Waals surface area contributed by atoms with E-state index in [4.69, 9.17) is 0 Å². The normalized spacial score (nSPS) is 25.7. The Morgan fingerprint density at radius 1 is 1.16 bits per heavy atom. The molecule has 0 N–H and O–H groups in total. The first-order valence-electron chi connectivity index (χ1n) is 6.29. The molecule has 0 amide bonds. The van der Waals surface area contributed by atoms with E-state index in [1.807, 2.05) is 0 Å². The number of nitrogens with zero attached hydrogens (tertiary/aromatic N) is 3. The van der Waals surface area contributed by atoms with Crippen molar-refractivity contribution >= 4 is 5.82 Å². The molecule has 1 saturated heterocycles. The SMILES string of the molecule is CC1CN(c2ccc(C(F)(F)F)cn2)C(C)CN1C. The Hall–Kier alpha value is -1.30. The predicted octanol–water partition coefficient (Wildman–Crippen LogP) is 2.63. The van der Waals surface area contributed by atoms with Gasteiger partial charge in [0.15, 0.2) is 0 Å². The summed E-state index contributed by atoms with van der Waals surface area (Å²) in [6, 6.07) is 3.15. The van der Waals surface area contributed by atoms with Gasteiger partial charge in [-0.05, 0) is 33.0 Å². The third kappa shape index (κ3) is 3.00. The van der Waals surface area contributed by atoms with Gasteiger partial charge in [0.05, 0.1) is 5.56 Å². The average molecular weight is 273 g/mol. The third-order valence-corrected chi connectivity index (χ3v) is 3.67. The lowest BCUT2D eigenvalue weighted by Crippen LogP contribution is -2.55. The van der Waals surface area contributed by atoms with Crippen molar-refractivity contribution < 1.29 is 13.2 Å². The largest absolute Gasteiger partial charge is 0.417 e. The van der Waals surface area contributed by atoms with E-state index in [0.29, 0.717) is 11.9 Å². The summed E-state index contributed by atoms with van der Waals surface area (Å²) < 4.78 is 37.5. The highest BCUT2D eigenvalue weighted by Gasteiger charge is 2.32. The molecule has 106 valence electrons. The lowest BCUT2D eigenvalue weighted by molar-refractivity contribution is -0.137. The van der Waals surface area contributed by atoms with Crippen molar-refractivity contribution in [1.29, 1.82) is 0 Å². The Morgan fingerprint density at radius 2 is 1.84 bits per heavy atom. The fraction of sp³-hybridized carbons (Fsp3) is 0.615. The second kappa shape index (κ2) is 5.00. The Balaban J connectivity index is 2.18. The van der Waals surface area contributed by atoms with Crippen molar-refractivity contribution in [3.05, 3.63) is 23.9 Å². The molecule has 1 fully saturated rings. The van der Waals surface area contributed by atoms with Gasteiger partial charge in [-0.25, -0.2) is 4.98 Å². The zero-order chi connectivity index (χ0) is 14.2. The van der Waals surface area contributed by atoms with E-state index >= 15 is 0 Å². The average Bonchev–Trinajstić information content (AvgIpc) is 2.33. The Kier molecular flexibility index (Phi) is 3.71. The van der Waals surface area contributed by atoms with E-state index < -0.39 is 11.7 Å². The molecule has 2 heterocycles. The molecule has 1 aromatic rings. The molecule has 1 aliphatic rings. The van der Waals surface area contributed by atoms with Crippen molar-refractivity contribution in [3.63, 3.8) is 0 Å². The number of anilines is 1. The number of aromatic nitrogens is 1. The summed E-state index contributed by atoms with van der Waals surface area (Å²) in [5, 5.41) is 0. The van der Waals surface area contributed by atoms with Crippen LogP contribution >= 0.6 is 0 Å². The molecule has 6 heteroatoms. The number of halogens is 3. The summed E-state index contributed by atoms with van der Waals surface area (Å²) in [4.78, 5) is 8.27. The molecular formula is C13H18F3N3. The van der Waals surface area contributed by atoms with Crippen molar-refractivity contribution in [2.24, 2.45) is 0 Å². The molecule has 0 aliphatic carbocycles. The second-order valence-electron chi connectivity index (χ2n) is 5.19. The maximum Gasteiger partial charge on any atom is 0.417 e. The van der Waals surface area contributed by atoms with Crippen LogP contribution in [0.25, 0.3) is 0 Å². The molecule has 0 radical (unpaired) electrons. The number of piperazine rings is 1. The van der Waals surface area contributed by atoms with E-state index in [0.717, 1.165) is 25.4 Å². The molecule has 1 aromatic heterocycles. The van der Waals surface area contributed by atoms with Crippen LogP contribution in [0.15, 0.2) is 18.3 Å². The Morgan fingerprint density at radius 3 is 2.37 bits per heavy atom. The van der Waals surface area contributed by atoms with Gasteiger partial charge in [-0.1, -0.05) is 0 Å². The summed E-state index contributed by atoms with van der Waals surface area (Å²) in [6.45, 7) is 5.81. The first-order chi connectivity index (χ1) is 8.79.